The van der Waals surface area contributed by atoms with Gasteiger partial charge in [0.2, 0.25) is 0 Å². The molecular formula is C15H21NS2. The average molecular weight is 279 g/mol. The summed E-state index contributed by atoms with van der Waals surface area (Å²) < 4.78 is 0. The average Bonchev–Trinajstić information content (AvgIpc) is 2.79. The zero-order valence-corrected chi connectivity index (χ0v) is 13.4. The molecule has 1 atom stereocenters. The van der Waals surface area contributed by atoms with E-state index in [-0.39, 0.29) is 0 Å². The molecule has 2 aromatic heterocycles. The third-order valence-corrected chi connectivity index (χ3v) is 5.47. The molecule has 18 heavy (non-hydrogen) atoms. The third kappa shape index (κ3) is 2.68. The van der Waals surface area contributed by atoms with Crippen LogP contribution in [0.3, 0.4) is 0 Å². The van der Waals surface area contributed by atoms with Crippen LogP contribution in [0.1, 0.15) is 43.6 Å². The lowest BCUT2D eigenvalue weighted by atomic mass is 10.1. The van der Waals surface area contributed by atoms with Gasteiger partial charge in [-0.05, 0) is 57.5 Å². The van der Waals surface area contributed by atoms with Crippen LogP contribution in [-0.2, 0) is 0 Å². The van der Waals surface area contributed by atoms with Crippen molar-refractivity contribution in [2.24, 2.45) is 0 Å². The van der Waals surface area contributed by atoms with Gasteiger partial charge in [0.15, 0.2) is 0 Å². The SMILES string of the molecule is CCNC(c1cc(C)c(C)s1)c1cc(C)sc1C. The highest BCUT2D eigenvalue weighted by molar-refractivity contribution is 7.12. The number of rotatable bonds is 4. The smallest absolute Gasteiger partial charge is 0.0681 e. The summed E-state index contributed by atoms with van der Waals surface area (Å²) >= 11 is 3.81. The molecule has 2 heterocycles. The Bertz CT molecular complexity index is 517. The highest BCUT2D eigenvalue weighted by atomic mass is 32.1. The van der Waals surface area contributed by atoms with Crippen molar-refractivity contribution in [3.05, 3.63) is 42.8 Å². The van der Waals surface area contributed by atoms with E-state index < -0.39 is 0 Å². The standard InChI is InChI=1S/C15H21NS2/c1-6-16-15(13-8-10(3)17-12(13)5)14-7-9(2)11(4)18-14/h7-8,15-16H,6H2,1-5H3. The molecule has 0 saturated carbocycles. The van der Waals surface area contributed by atoms with Gasteiger partial charge in [-0.25, -0.2) is 0 Å². The Labute approximate surface area is 118 Å². The minimum absolute atomic E-state index is 0.359. The summed E-state index contributed by atoms with van der Waals surface area (Å²) in [6.45, 7) is 12.0. The Hall–Kier alpha value is -0.640. The first-order valence-electron chi connectivity index (χ1n) is 6.40. The summed E-state index contributed by atoms with van der Waals surface area (Å²) in [5.74, 6) is 0. The summed E-state index contributed by atoms with van der Waals surface area (Å²) in [6.07, 6.45) is 0. The van der Waals surface area contributed by atoms with Crippen molar-refractivity contribution in [3.8, 4) is 0 Å². The van der Waals surface area contributed by atoms with Gasteiger partial charge < -0.3 is 5.32 Å². The van der Waals surface area contributed by atoms with Gasteiger partial charge in [0, 0.05) is 19.5 Å². The molecule has 1 unspecified atom stereocenters. The zero-order chi connectivity index (χ0) is 13.3. The Balaban J connectivity index is 2.42. The molecule has 0 aliphatic heterocycles. The maximum Gasteiger partial charge on any atom is 0.0681 e. The van der Waals surface area contributed by atoms with E-state index in [0.29, 0.717) is 6.04 Å². The van der Waals surface area contributed by atoms with Gasteiger partial charge in [0.1, 0.15) is 0 Å². The van der Waals surface area contributed by atoms with E-state index in [1.54, 1.807) is 0 Å². The topological polar surface area (TPSA) is 12.0 Å². The molecule has 0 amide bonds. The van der Waals surface area contributed by atoms with Crippen molar-refractivity contribution in [1.29, 1.82) is 0 Å². The predicted molar refractivity (Wildman–Crippen MR) is 83.1 cm³/mol. The molecule has 1 N–H and O–H groups in total. The molecule has 0 radical (unpaired) electrons. The van der Waals surface area contributed by atoms with Crippen LogP contribution in [0.2, 0.25) is 0 Å². The number of aryl methyl sites for hydroxylation is 4. The van der Waals surface area contributed by atoms with Crippen LogP contribution in [-0.4, -0.2) is 6.54 Å². The highest BCUT2D eigenvalue weighted by Crippen LogP contribution is 2.35. The van der Waals surface area contributed by atoms with Crippen LogP contribution in [0.25, 0.3) is 0 Å². The number of nitrogens with one attached hydrogen (secondary N) is 1. The highest BCUT2D eigenvalue weighted by Gasteiger charge is 2.19. The third-order valence-electron chi connectivity index (χ3n) is 3.27. The van der Waals surface area contributed by atoms with Crippen LogP contribution in [0.15, 0.2) is 12.1 Å². The lowest BCUT2D eigenvalue weighted by molar-refractivity contribution is 0.638. The van der Waals surface area contributed by atoms with E-state index in [9.17, 15) is 0 Å². The van der Waals surface area contributed by atoms with Crippen molar-refractivity contribution in [2.45, 2.75) is 40.7 Å². The minimum atomic E-state index is 0.359. The van der Waals surface area contributed by atoms with E-state index in [1.807, 2.05) is 22.7 Å². The fraction of sp³-hybridized carbons (Fsp3) is 0.467. The lowest BCUT2D eigenvalue weighted by Gasteiger charge is -2.16. The lowest BCUT2D eigenvalue weighted by Crippen LogP contribution is -2.21. The van der Waals surface area contributed by atoms with E-state index >= 15 is 0 Å². The first kappa shape index (κ1) is 13.8. The summed E-state index contributed by atoms with van der Waals surface area (Å²) in [7, 11) is 0. The fourth-order valence-corrected chi connectivity index (χ4v) is 4.35. The number of hydrogen-bond acceptors (Lipinski definition) is 3. The molecule has 0 bridgehead atoms. The molecule has 0 spiro atoms. The first-order valence-corrected chi connectivity index (χ1v) is 8.03. The van der Waals surface area contributed by atoms with Crippen LogP contribution in [0, 0.1) is 27.7 Å². The van der Waals surface area contributed by atoms with E-state index in [1.165, 1.54) is 30.6 Å². The Morgan fingerprint density at radius 3 is 2.22 bits per heavy atom. The molecule has 1 nitrogen and oxygen atoms in total. The maximum atomic E-state index is 3.63. The number of thiophene rings is 2. The monoisotopic (exact) mass is 279 g/mol. The minimum Gasteiger partial charge on any atom is -0.306 e. The van der Waals surface area contributed by atoms with Gasteiger partial charge in [0.05, 0.1) is 6.04 Å². The molecule has 0 saturated heterocycles. The maximum absolute atomic E-state index is 3.63. The quantitative estimate of drug-likeness (QED) is 0.852. The van der Waals surface area contributed by atoms with Crippen molar-refractivity contribution >= 4 is 22.7 Å². The van der Waals surface area contributed by atoms with E-state index in [2.05, 4.69) is 52.1 Å². The molecule has 0 aliphatic rings. The Kier molecular flexibility index (Phi) is 4.25. The fourth-order valence-electron chi connectivity index (χ4n) is 2.25. The molecule has 0 aromatic carbocycles. The summed E-state index contributed by atoms with van der Waals surface area (Å²) in [5.41, 5.74) is 2.85. The van der Waals surface area contributed by atoms with Gasteiger partial charge >= 0.3 is 0 Å². The second-order valence-corrected chi connectivity index (χ2v) is 7.50. The molecular weight excluding hydrogens is 258 g/mol. The summed E-state index contributed by atoms with van der Waals surface area (Å²) in [4.78, 5) is 5.70. The zero-order valence-electron chi connectivity index (χ0n) is 11.8. The molecule has 0 aliphatic carbocycles. The van der Waals surface area contributed by atoms with Gasteiger partial charge in [-0.2, -0.15) is 0 Å². The molecule has 0 fully saturated rings. The van der Waals surface area contributed by atoms with Crippen molar-refractivity contribution in [3.63, 3.8) is 0 Å². The van der Waals surface area contributed by atoms with Crippen molar-refractivity contribution < 1.29 is 0 Å². The normalized spacial score (nSPS) is 12.9. The van der Waals surface area contributed by atoms with Crippen LogP contribution < -0.4 is 5.32 Å². The van der Waals surface area contributed by atoms with Gasteiger partial charge in [0.25, 0.3) is 0 Å². The van der Waals surface area contributed by atoms with E-state index in [4.69, 9.17) is 0 Å². The van der Waals surface area contributed by atoms with Crippen molar-refractivity contribution in [2.75, 3.05) is 6.54 Å². The predicted octanol–water partition coefficient (Wildman–Crippen LogP) is 4.74. The first-order chi connectivity index (χ1) is 8.52. The molecule has 2 aromatic rings. The van der Waals surface area contributed by atoms with Crippen LogP contribution in [0.4, 0.5) is 0 Å². The van der Waals surface area contributed by atoms with Gasteiger partial charge in [-0.1, -0.05) is 6.92 Å². The molecule has 2 rings (SSSR count). The Morgan fingerprint density at radius 1 is 1.06 bits per heavy atom. The van der Waals surface area contributed by atoms with Crippen molar-refractivity contribution in [1.82, 2.24) is 5.32 Å². The summed E-state index contributed by atoms with van der Waals surface area (Å²) in [6, 6.07) is 5.02. The van der Waals surface area contributed by atoms with Gasteiger partial charge in [-0.3, -0.25) is 0 Å². The second kappa shape index (κ2) is 5.55. The second-order valence-electron chi connectivity index (χ2n) is 4.75. The largest absolute Gasteiger partial charge is 0.306 e. The summed E-state index contributed by atoms with van der Waals surface area (Å²) in [5, 5.41) is 3.63. The van der Waals surface area contributed by atoms with Gasteiger partial charge in [-0.15, -0.1) is 22.7 Å². The molecule has 98 valence electrons. The Morgan fingerprint density at radius 2 is 1.78 bits per heavy atom. The molecule has 3 heteroatoms. The number of hydrogen-bond donors (Lipinski definition) is 1. The van der Waals surface area contributed by atoms with Crippen LogP contribution in [0.5, 0.6) is 0 Å². The van der Waals surface area contributed by atoms with Crippen LogP contribution >= 0.6 is 22.7 Å². The van der Waals surface area contributed by atoms with E-state index in [0.717, 1.165) is 6.54 Å².